The Hall–Kier alpha value is -3.72. The van der Waals surface area contributed by atoms with Gasteiger partial charge in [-0.25, -0.2) is 4.68 Å². The Morgan fingerprint density at radius 1 is 1.03 bits per heavy atom. The molecule has 0 bridgehead atoms. The number of nitrogen functional groups attached to an aromatic ring is 1. The molecule has 1 amide bonds. The number of methoxy groups -OCH3 is 2. The normalized spacial score (nSPS) is 10.8. The number of amides is 1. The van der Waals surface area contributed by atoms with Gasteiger partial charge in [-0.05, 0) is 29.7 Å². The first-order valence-corrected chi connectivity index (χ1v) is 10.4. The van der Waals surface area contributed by atoms with Crippen molar-refractivity contribution in [3.05, 3.63) is 60.7 Å². The molecule has 0 atom stereocenters. The minimum absolute atomic E-state index is 0.143. The molecule has 4 aromatic rings. The highest BCUT2D eigenvalue weighted by Gasteiger charge is 2.16. The molecule has 3 N–H and O–H groups in total. The van der Waals surface area contributed by atoms with Crippen molar-refractivity contribution >= 4 is 34.1 Å². The lowest BCUT2D eigenvalue weighted by molar-refractivity contribution is -0.113. The Labute approximate surface area is 183 Å². The van der Waals surface area contributed by atoms with Gasteiger partial charge in [0.05, 0.1) is 20.0 Å². The van der Waals surface area contributed by atoms with E-state index in [1.165, 1.54) is 16.4 Å². The number of nitrogens with one attached hydrogen (secondary N) is 1. The fourth-order valence-electron chi connectivity index (χ4n) is 3.20. The maximum Gasteiger partial charge on any atom is 0.234 e. The van der Waals surface area contributed by atoms with E-state index in [-0.39, 0.29) is 11.7 Å². The summed E-state index contributed by atoms with van der Waals surface area (Å²) in [7, 11) is 3.13. The van der Waals surface area contributed by atoms with Crippen LogP contribution in [0.15, 0.2) is 65.8 Å². The van der Waals surface area contributed by atoms with Crippen LogP contribution in [0, 0.1) is 0 Å². The molecule has 0 aliphatic heterocycles. The summed E-state index contributed by atoms with van der Waals surface area (Å²) in [6, 6.07) is 19.1. The molecule has 0 spiro atoms. The Bertz CT molecular complexity index is 1240. The number of fused-ring (bicyclic) bond motifs is 1. The molecule has 0 aliphatic rings. The molecule has 158 valence electrons. The van der Waals surface area contributed by atoms with Gasteiger partial charge in [-0.3, -0.25) is 4.79 Å². The molecule has 9 heteroatoms. The summed E-state index contributed by atoms with van der Waals surface area (Å²) in [5.41, 5.74) is 1.49. The van der Waals surface area contributed by atoms with Gasteiger partial charge in [0, 0.05) is 16.6 Å². The number of hydrogen-bond acceptors (Lipinski definition) is 7. The minimum atomic E-state index is -0.156. The SMILES string of the molecule is COc1ccc(-c2nnc(SCC(=O)Nc3cccc4ccccc34)n2N)cc1OC. The number of nitrogens with zero attached hydrogens (tertiary/aromatic N) is 3. The number of carbonyl (C=O) groups is 1. The summed E-state index contributed by atoms with van der Waals surface area (Å²) < 4.78 is 11.9. The van der Waals surface area contributed by atoms with Gasteiger partial charge in [0.2, 0.25) is 11.1 Å². The largest absolute Gasteiger partial charge is 0.493 e. The van der Waals surface area contributed by atoms with Crippen LogP contribution in [0.3, 0.4) is 0 Å². The third-order valence-electron chi connectivity index (χ3n) is 4.70. The van der Waals surface area contributed by atoms with Crippen molar-refractivity contribution in [1.29, 1.82) is 0 Å². The van der Waals surface area contributed by atoms with Gasteiger partial charge in [-0.15, -0.1) is 10.2 Å². The molecular formula is C22H21N5O3S. The molecule has 0 unspecified atom stereocenters. The maximum atomic E-state index is 12.5. The van der Waals surface area contributed by atoms with E-state index in [0.717, 1.165) is 22.0 Å². The summed E-state index contributed by atoms with van der Waals surface area (Å²) in [5, 5.41) is 13.7. The minimum Gasteiger partial charge on any atom is -0.493 e. The monoisotopic (exact) mass is 435 g/mol. The molecule has 0 aliphatic carbocycles. The highest BCUT2D eigenvalue weighted by Crippen LogP contribution is 2.32. The second-order valence-corrected chi connectivity index (χ2v) is 7.55. The number of rotatable bonds is 7. The zero-order valence-electron chi connectivity index (χ0n) is 17.0. The van der Waals surface area contributed by atoms with Crippen molar-refractivity contribution in [3.63, 3.8) is 0 Å². The zero-order valence-corrected chi connectivity index (χ0v) is 17.8. The number of ether oxygens (including phenoxy) is 2. The van der Waals surface area contributed by atoms with Gasteiger partial charge in [-0.2, -0.15) is 0 Å². The average molecular weight is 436 g/mol. The van der Waals surface area contributed by atoms with E-state index in [0.29, 0.717) is 22.5 Å². The van der Waals surface area contributed by atoms with Crippen LogP contribution < -0.4 is 20.6 Å². The van der Waals surface area contributed by atoms with Crippen molar-refractivity contribution in [1.82, 2.24) is 14.9 Å². The molecule has 1 aromatic heterocycles. The van der Waals surface area contributed by atoms with E-state index < -0.39 is 0 Å². The van der Waals surface area contributed by atoms with E-state index in [1.54, 1.807) is 26.4 Å². The highest BCUT2D eigenvalue weighted by atomic mass is 32.2. The summed E-state index contributed by atoms with van der Waals surface area (Å²) in [5.74, 6) is 7.79. The molecule has 0 fully saturated rings. The predicted molar refractivity (Wildman–Crippen MR) is 122 cm³/mol. The Balaban J connectivity index is 1.46. The average Bonchev–Trinajstić information content (AvgIpc) is 3.17. The van der Waals surface area contributed by atoms with Gasteiger partial charge >= 0.3 is 0 Å². The van der Waals surface area contributed by atoms with E-state index in [2.05, 4.69) is 15.5 Å². The first kappa shape index (κ1) is 20.5. The van der Waals surface area contributed by atoms with Crippen molar-refractivity contribution in [3.8, 4) is 22.9 Å². The van der Waals surface area contributed by atoms with E-state index in [4.69, 9.17) is 15.3 Å². The quantitative estimate of drug-likeness (QED) is 0.338. The summed E-state index contributed by atoms with van der Waals surface area (Å²) in [4.78, 5) is 12.5. The van der Waals surface area contributed by atoms with Crippen LogP contribution in [0.5, 0.6) is 11.5 Å². The van der Waals surface area contributed by atoms with Crippen LogP contribution in [0.25, 0.3) is 22.2 Å². The van der Waals surface area contributed by atoms with Crippen LogP contribution in [0.2, 0.25) is 0 Å². The number of anilines is 1. The van der Waals surface area contributed by atoms with Crippen LogP contribution in [-0.2, 0) is 4.79 Å². The number of hydrogen-bond donors (Lipinski definition) is 2. The van der Waals surface area contributed by atoms with Crippen molar-refractivity contribution in [2.45, 2.75) is 5.16 Å². The third kappa shape index (κ3) is 4.26. The zero-order chi connectivity index (χ0) is 21.8. The molecule has 0 saturated carbocycles. The summed E-state index contributed by atoms with van der Waals surface area (Å²) >= 11 is 1.21. The Kier molecular flexibility index (Phi) is 5.94. The number of carbonyl (C=O) groups excluding carboxylic acids is 1. The smallest absolute Gasteiger partial charge is 0.234 e. The first-order valence-electron chi connectivity index (χ1n) is 9.44. The molecule has 4 rings (SSSR count). The van der Waals surface area contributed by atoms with Crippen LogP contribution in [0.4, 0.5) is 5.69 Å². The third-order valence-corrected chi connectivity index (χ3v) is 5.65. The maximum absolute atomic E-state index is 12.5. The fourth-order valence-corrected chi connectivity index (χ4v) is 3.85. The number of benzene rings is 3. The molecule has 8 nitrogen and oxygen atoms in total. The van der Waals surface area contributed by atoms with Crippen molar-refractivity contribution < 1.29 is 14.3 Å². The van der Waals surface area contributed by atoms with Crippen molar-refractivity contribution in [2.75, 3.05) is 31.1 Å². The van der Waals surface area contributed by atoms with Crippen LogP contribution in [-0.4, -0.2) is 40.8 Å². The van der Waals surface area contributed by atoms with Gasteiger partial charge < -0.3 is 20.6 Å². The number of thioether (sulfide) groups is 1. The van der Waals surface area contributed by atoms with Crippen molar-refractivity contribution in [2.24, 2.45) is 0 Å². The predicted octanol–water partition coefficient (Wildman–Crippen LogP) is 3.56. The standard InChI is InChI=1S/C22H21N5O3S/c1-29-18-11-10-15(12-19(18)30-2)21-25-26-22(27(21)23)31-13-20(28)24-17-9-5-7-14-6-3-4-8-16(14)17/h3-12H,13,23H2,1-2H3,(H,24,28). The van der Waals surface area contributed by atoms with E-state index in [1.807, 2.05) is 48.5 Å². The van der Waals surface area contributed by atoms with Gasteiger partial charge in [0.15, 0.2) is 17.3 Å². The lowest BCUT2D eigenvalue weighted by Crippen LogP contribution is -2.16. The summed E-state index contributed by atoms with van der Waals surface area (Å²) in [6.45, 7) is 0. The van der Waals surface area contributed by atoms with Crippen LogP contribution in [0.1, 0.15) is 0 Å². The number of nitrogens with two attached hydrogens (primary N) is 1. The second kappa shape index (κ2) is 8.97. The van der Waals surface area contributed by atoms with E-state index >= 15 is 0 Å². The lowest BCUT2D eigenvalue weighted by atomic mass is 10.1. The van der Waals surface area contributed by atoms with E-state index in [9.17, 15) is 4.79 Å². The molecule has 3 aromatic carbocycles. The molecular weight excluding hydrogens is 414 g/mol. The van der Waals surface area contributed by atoms with Gasteiger partial charge in [0.25, 0.3) is 0 Å². The molecule has 0 saturated heterocycles. The van der Waals surface area contributed by atoms with Crippen LogP contribution >= 0.6 is 11.8 Å². The summed E-state index contributed by atoms with van der Waals surface area (Å²) in [6.07, 6.45) is 0. The molecule has 0 radical (unpaired) electrons. The van der Waals surface area contributed by atoms with Gasteiger partial charge in [-0.1, -0.05) is 48.2 Å². The van der Waals surface area contributed by atoms with Gasteiger partial charge in [0.1, 0.15) is 0 Å². The highest BCUT2D eigenvalue weighted by molar-refractivity contribution is 7.99. The fraction of sp³-hybridized carbons (Fsp3) is 0.136. The first-order chi connectivity index (χ1) is 15.1. The Morgan fingerprint density at radius 2 is 1.81 bits per heavy atom. The number of aromatic nitrogens is 3. The second-order valence-electron chi connectivity index (χ2n) is 6.61. The lowest BCUT2D eigenvalue weighted by Gasteiger charge is -2.10. The Morgan fingerprint density at radius 3 is 2.61 bits per heavy atom. The molecule has 31 heavy (non-hydrogen) atoms. The topological polar surface area (TPSA) is 104 Å². The molecule has 1 heterocycles.